The van der Waals surface area contributed by atoms with Crippen LogP contribution >= 0.6 is 56.8 Å². The Kier molecular flexibility index (Phi) is 14.6. The van der Waals surface area contributed by atoms with E-state index in [2.05, 4.69) is 81.8 Å². The first-order valence-electron chi connectivity index (χ1n) is 16.9. The number of aliphatic hydroxyl groups excluding tert-OH is 1. The first-order valence-corrected chi connectivity index (χ1v) is 19.5. The Balaban J connectivity index is 0.000000305. The minimum atomic E-state index is -0.728. The van der Waals surface area contributed by atoms with Crippen molar-refractivity contribution in [1.82, 2.24) is 10.6 Å². The van der Waals surface area contributed by atoms with Gasteiger partial charge in [-0.3, -0.25) is 19.2 Å². The van der Waals surface area contributed by atoms with Crippen molar-refractivity contribution in [3.05, 3.63) is 76.3 Å². The van der Waals surface area contributed by atoms with Crippen molar-refractivity contribution in [2.75, 3.05) is 0 Å². The van der Waals surface area contributed by atoms with Crippen LogP contribution in [-0.2, 0) is 36.8 Å². The molecular weight excluding hydrogens is 894 g/mol. The zero-order chi connectivity index (χ0) is 39.6. The van der Waals surface area contributed by atoms with E-state index in [1.807, 2.05) is 39.8 Å². The summed E-state index contributed by atoms with van der Waals surface area (Å²) in [6.07, 6.45) is 1.63. The fraction of sp³-hybridized carbons (Fsp3) is 0.500. The minimum Gasteiger partial charge on any atom is -0.509 e. The molecule has 0 unspecified atom stereocenters. The van der Waals surface area contributed by atoms with Crippen LogP contribution in [0.4, 0.5) is 0 Å². The number of aliphatic hydroxyl groups is 1. The zero-order valence-corrected chi connectivity index (χ0v) is 37.4. The third-order valence-electron chi connectivity index (χ3n) is 8.35. The number of benzene rings is 2. The summed E-state index contributed by atoms with van der Waals surface area (Å²) < 4.78 is 8.04. The average Bonchev–Trinajstić information content (AvgIpc) is 3.31. The summed E-state index contributed by atoms with van der Waals surface area (Å²) in [5, 5.41) is 15.8. The number of aryl methyl sites for hydroxylation is 4. The van der Waals surface area contributed by atoms with E-state index in [-0.39, 0.29) is 34.2 Å². The molecule has 0 aliphatic carbocycles. The monoisotopic (exact) mass is 946 g/mol. The Bertz CT molecular complexity index is 1790. The van der Waals surface area contributed by atoms with Gasteiger partial charge in [-0.05, 0) is 190 Å². The summed E-state index contributed by atoms with van der Waals surface area (Å²) in [5.41, 5.74) is 4.44. The lowest BCUT2D eigenvalue weighted by Gasteiger charge is -2.25. The van der Waals surface area contributed by atoms with Crippen molar-refractivity contribution in [2.24, 2.45) is 10.8 Å². The van der Waals surface area contributed by atoms with Gasteiger partial charge < -0.3 is 20.5 Å². The van der Waals surface area contributed by atoms with Crippen LogP contribution in [0.15, 0.2) is 35.8 Å². The van der Waals surface area contributed by atoms with E-state index < -0.39 is 16.5 Å². The van der Waals surface area contributed by atoms with E-state index in [1.165, 1.54) is 0 Å². The molecule has 0 aromatic heterocycles. The quantitative estimate of drug-likeness (QED) is 0.156. The van der Waals surface area contributed by atoms with Gasteiger partial charge in [-0.2, -0.15) is 0 Å². The summed E-state index contributed by atoms with van der Waals surface area (Å²) in [6, 6.07) is 8.23. The number of ether oxygens (including phenoxy) is 1. The Labute approximate surface area is 336 Å². The van der Waals surface area contributed by atoms with Crippen LogP contribution < -0.4 is 10.6 Å². The molecule has 0 saturated heterocycles. The van der Waals surface area contributed by atoms with Crippen LogP contribution in [0.1, 0.15) is 116 Å². The fourth-order valence-electron chi connectivity index (χ4n) is 5.43. The molecule has 0 atom stereocenters. The first kappa shape index (κ1) is 44.7. The van der Waals surface area contributed by atoms with Crippen LogP contribution in [0.5, 0.6) is 0 Å². The number of carbonyl (C=O) groups is 4. The number of rotatable bonds is 5. The van der Waals surface area contributed by atoms with Gasteiger partial charge in [-0.25, -0.2) is 0 Å². The average molecular weight is 947 g/mol. The van der Waals surface area contributed by atoms with Gasteiger partial charge in [-0.15, -0.1) is 0 Å². The highest BCUT2D eigenvalue weighted by Crippen LogP contribution is 2.39. The molecule has 0 spiro atoms. The fourth-order valence-corrected chi connectivity index (χ4v) is 7.11. The minimum absolute atomic E-state index is 0.136. The van der Waals surface area contributed by atoms with E-state index in [9.17, 15) is 24.3 Å². The normalized spacial score (nSPS) is 16.5. The van der Waals surface area contributed by atoms with E-state index in [1.54, 1.807) is 55.4 Å². The Morgan fingerprint density at radius 2 is 1.12 bits per heavy atom. The summed E-state index contributed by atoms with van der Waals surface area (Å²) >= 11 is 9.67. The van der Waals surface area contributed by atoms with Crippen LogP contribution in [0, 0.1) is 31.8 Å². The number of amides is 2. The number of hydrogen-bond acceptors (Lipinski definition) is 6. The summed E-state index contributed by atoms with van der Waals surface area (Å²) in [4.78, 5) is 47.7. The SMILES string of the molecule is CC(C)(C)C(=O)Cl.CCc1cc(I)cc(C)c1C1=C(O)C(C)(C)NC1=O.CCc1cc(I)cc(C)c1C1=C(OC(=O)C(C)(C)C)C(C)(C)NC1=O. The Morgan fingerprint density at radius 3 is 1.45 bits per heavy atom. The van der Waals surface area contributed by atoms with Crippen molar-refractivity contribution >= 4 is 91.0 Å². The topological polar surface area (TPSA) is 122 Å². The molecule has 2 aliphatic rings. The molecule has 0 fully saturated rings. The number of carbonyl (C=O) groups excluding carboxylic acids is 4. The van der Waals surface area contributed by atoms with Gasteiger partial charge in [0.05, 0.1) is 27.6 Å². The van der Waals surface area contributed by atoms with E-state index in [0.717, 1.165) is 53.4 Å². The van der Waals surface area contributed by atoms with Gasteiger partial charge in [0.2, 0.25) is 5.24 Å². The van der Waals surface area contributed by atoms with Crippen LogP contribution in [0.25, 0.3) is 11.1 Å². The van der Waals surface area contributed by atoms with Crippen molar-refractivity contribution in [1.29, 1.82) is 0 Å². The number of esters is 1. The van der Waals surface area contributed by atoms with Gasteiger partial charge in [0.25, 0.3) is 11.8 Å². The molecule has 51 heavy (non-hydrogen) atoms. The molecule has 0 bridgehead atoms. The standard InChI is InChI=1S/C20H26INO3.C15H18INO2.C5H9ClO/c1-8-12-10-13(21)9-11(2)14(12)15-16(20(6,7)22-17(15)23)25-18(24)19(3,4)5;1-5-9-7-10(16)6-8(2)11(9)12-13(18)15(3,4)17-14(12)19;1-5(2,3)4(6)7/h9-10H,8H2,1-7H3,(H,22,23);6-7,18H,5H2,1-4H3,(H,17,19);1-3H3. The zero-order valence-electron chi connectivity index (χ0n) is 32.3. The number of nitrogens with one attached hydrogen (secondary N) is 2. The lowest BCUT2D eigenvalue weighted by molar-refractivity contribution is -0.149. The molecule has 2 aromatic carbocycles. The highest BCUT2D eigenvalue weighted by atomic mass is 127. The second-order valence-corrected chi connectivity index (χ2v) is 18.8. The predicted octanol–water partition coefficient (Wildman–Crippen LogP) is 9.51. The van der Waals surface area contributed by atoms with Gasteiger partial charge in [0, 0.05) is 12.6 Å². The molecule has 2 amide bonds. The largest absolute Gasteiger partial charge is 0.509 e. The third-order valence-corrected chi connectivity index (χ3v) is 10.2. The molecule has 8 nitrogen and oxygen atoms in total. The molecule has 11 heteroatoms. The molecule has 2 heterocycles. The van der Waals surface area contributed by atoms with Gasteiger partial charge in [0.15, 0.2) is 0 Å². The van der Waals surface area contributed by atoms with Crippen molar-refractivity contribution in [3.8, 4) is 0 Å². The lowest BCUT2D eigenvalue weighted by atomic mass is 9.91. The Hall–Kier alpha value is -2.45. The van der Waals surface area contributed by atoms with Crippen LogP contribution in [0.2, 0.25) is 0 Å². The number of halogens is 3. The van der Waals surface area contributed by atoms with E-state index >= 15 is 0 Å². The number of hydrogen-bond donors (Lipinski definition) is 3. The Morgan fingerprint density at radius 1 is 0.745 bits per heavy atom. The highest BCUT2D eigenvalue weighted by Gasteiger charge is 2.44. The van der Waals surface area contributed by atoms with Gasteiger partial charge in [0.1, 0.15) is 11.5 Å². The van der Waals surface area contributed by atoms with E-state index in [4.69, 9.17) is 16.3 Å². The third kappa shape index (κ3) is 10.8. The van der Waals surface area contributed by atoms with Crippen molar-refractivity contribution < 1.29 is 29.0 Å². The maximum Gasteiger partial charge on any atom is 0.316 e. The molecular formula is C40H53ClI2N2O6. The molecule has 0 saturated carbocycles. The summed E-state index contributed by atoms with van der Waals surface area (Å²) in [6.45, 7) is 26.2. The molecule has 280 valence electrons. The van der Waals surface area contributed by atoms with Crippen LogP contribution in [-0.4, -0.2) is 39.2 Å². The van der Waals surface area contributed by atoms with Crippen molar-refractivity contribution in [2.45, 2.75) is 121 Å². The van der Waals surface area contributed by atoms with Gasteiger partial charge in [-0.1, -0.05) is 34.6 Å². The van der Waals surface area contributed by atoms with Crippen molar-refractivity contribution in [3.63, 3.8) is 0 Å². The second-order valence-electron chi connectivity index (χ2n) is 16.0. The molecule has 0 radical (unpaired) electrons. The van der Waals surface area contributed by atoms with E-state index in [0.29, 0.717) is 16.9 Å². The maximum absolute atomic E-state index is 12.8. The molecule has 3 N–H and O–H groups in total. The molecule has 4 rings (SSSR count). The molecule has 2 aromatic rings. The maximum atomic E-state index is 12.8. The predicted molar refractivity (Wildman–Crippen MR) is 223 cm³/mol. The van der Waals surface area contributed by atoms with Crippen LogP contribution in [0.3, 0.4) is 0 Å². The highest BCUT2D eigenvalue weighted by molar-refractivity contribution is 14.1. The van der Waals surface area contributed by atoms with Gasteiger partial charge >= 0.3 is 5.97 Å². The summed E-state index contributed by atoms with van der Waals surface area (Å²) in [7, 11) is 0. The first-order chi connectivity index (χ1) is 23.1. The lowest BCUT2D eigenvalue weighted by Crippen LogP contribution is -2.40. The molecule has 2 aliphatic heterocycles. The summed E-state index contributed by atoms with van der Waals surface area (Å²) in [5.74, 6) is -0.180. The second kappa shape index (κ2) is 16.7. The smallest absolute Gasteiger partial charge is 0.316 e.